The Morgan fingerprint density at radius 3 is 2.47 bits per heavy atom. The number of rotatable bonds is 3. The molecule has 0 radical (unpaired) electrons. The third kappa shape index (κ3) is 6.55. The molecule has 0 spiro atoms. The van der Waals surface area contributed by atoms with Crippen LogP contribution in [0.4, 0.5) is 0 Å². The van der Waals surface area contributed by atoms with Gasteiger partial charge in [0.1, 0.15) is 5.60 Å². The van der Waals surface area contributed by atoms with Gasteiger partial charge in [0, 0.05) is 30.2 Å². The zero-order valence-electron chi connectivity index (χ0n) is 17.4. The molecule has 0 bridgehead atoms. The molecular weight excluding hydrogens is 414 g/mol. The summed E-state index contributed by atoms with van der Waals surface area (Å²) >= 11 is 0. The van der Waals surface area contributed by atoms with E-state index in [1.165, 1.54) is 24.5 Å². The highest BCUT2D eigenvalue weighted by Crippen LogP contribution is 2.28. The summed E-state index contributed by atoms with van der Waals surface area (Å²) in [6, 6.07) is 10.5. The number of amides is 1. The molecule has 166 valence electrons. The van der Waals surface area contributed by atoms with Crippen molar-refractivity contribution in [3.8, 4) is 11.8 Å². The Hall–Kier alpha value is -3.90. The lowest BCUT2D eigenvalue weighted by atomic mass is 9.82. The van der Waals surface area contributed by atoms with Crippen LogP contribution in [0.1, 0.15) is 57.9 Å². The fourth-order valence-corrected chi connectivity index (χ4v) is 3.32. The second kappa shape index (κ2) is 10.4. The molecule has 3 N–H and O–H groups in total. The van der Waals surface area contributed by atoms with Crippen LogP contribution in [0.25, 0.3) is 0 Å². The molecule has 1 saturated carbocycles. The standard InChI is InChI=1S/C19H20N2O3.C4H3NO3/c1-14-4-2-5-15(12-14)7-10-19(23)9-3-6-16(13-19)21-18(22)17-8-11-20-24-17;6-4(7)3-1-2-5-8-3/h2,4-5,8,11-12,16,23H,3,6,9,13H2,1H3,(H,21,22);1-2H,(H,6,7)/t16-,19+;/m0./s1. The number of carbonyl (C=O) groups is 2. The number of aliphatic hydroxyl groups is 1. The van der Waals surface area contributed by atoms with Gasteiger partial charge in [0.05, 0.1) is 12.4 Å². The van der Waals surface area contributed by atoms with Crippen molar-refractivity contribution in [3.05, 3.63) is 71.4 Å². The van der Waals surface area contributed by atoms with E-state index in [0.29, 0.717) is 12.8 Å². The van der Waals surface area contributed by atoms with Crippen LogP contribution in [-0.4, -0.2) is 44.0 Å². The molecule has 1 fully saturated rings. The molecule has 2 heterocycles. The number of hydrogen-bond acceptors (Lipinski definition) is 7. The Labute approximate surface area is 184 Å². The lowest BCUT2D eigenvalue weighted by molar-refractivity contribution is 0.0446. The van der Waals surface area contributed by atoms with Gasteiger partial charge in [0.15, 0.2) is 0 Å². The first kappa shape index (κ1) is 22.8. The summed E-state index contributed by atoms with van der Waals surface area (Å²) < 4.78 is 9.10. The summed E-state index contributed by atoms with van der Waals surface area (Å²) in [6.45, 7) is 2.01. The van der Waals surface area contributed by atoms with Crippen molar-refractivity contribution in [2.45, 2.75) is 44.2 Å². The highest BCUT2D eigenvalue weighted by molar-refractivity contribution is 5.91. The fourth-order valence-electron chi connectivity index (χ4n) is 3.32. The number of carbonyl (C=O) groups excluding carboxylic acids is 1. The number of nitrogens with zero attached hydrogens (tertiary/aromatic N) is 2. The minimum atomic E-state index is -1.09. The molecule has 0 unspecified atom stereocenters. The highest BCUT2D eigenvalue weighted by atomic mass is 16.5. The van der Waals surface area contributed by atoms with Gasteiger partial charge in [-0.1, -0.05) is 34.3 Å². The predicted octanol–water partition coefficient (Wildman–Crippen LogP) is 2.81. The van der Waals surface area contributed by atoms with Gasteiger partial charge in [-0.3, -0.25) is 4.79 Å². The van der Waals surface area contributed by atoms with Crippen molar-refractivity contribution in [3.63, 3.8) is 0 Å². The number of benzene rings is 1. The SMILES string of the molecule is Cc1cccc(C#C[C@]2(O)CCC[C@H](NC(=O)c3ccno3)C2)c1.O=C(O)c1ccno1. The molecule has 4 rings (SSSR count). The van der Waals surface area contributed by atoms with Gasteiger partial charge in [-0.15, -0.1) is 0 Å². The summed E-state index contributed by atoms with van der Waals surface area (Å²) in [5, 5.41) is 28.5. The first-order valence-electron chi connectivity index (χ1n) is 10.0. The Kier molecular flexibility index (Phi) is 7.41. The van der Waals surface area contributed by atoms with E-state index in [4.69, 9.17) is 9.63 Å². The largest absolute Gasteiger partial charge is 0.475 e. The molecule has 1 amide bonds. The van der Waals surface area contributed by atoms with Crippen molar-refractivity contribution >= 4 is 11.9 Å². The molecule has 9 heteroatoms. The third-order valence-electron chi connectivity index (χ3n) is 4.83. The monoisotopic (exact) mass is 437 g/mol. The molecule has 1 aliphatic carbocycles. The predicted molar refractivity (Wildman–Crippen MR) is 113 cm³/mol. The first-order chi connectivity index (χ1) is 15.3. The Bertz CT molecular complexity index is 1100. The van der Waals surface area contributed by atoms with E-state index in [0.717, 1.165) is 24.0 Å². The van der Waals surface area contributed by atoms with Gasteiger partial charge >= 0.3 is 5.97 Å². The van der Waals surface area contributed by atoms with Gasteiger partial charge in [0.25, 0.3) is 5.91 Å². The number of hydrogen-bond donors (Lipinski definition) is 3. The van der Waals surface area contributed by atoms with E-state index in [2.05, 4.69) is 32.0 Å². The van der Waals surface area contributed by atoms with E-state index < -0.39 is 11.6 Å². The van der Waals surface area contributed by atoms with Gasteiger partial charge in [-0.2, -0.15) is 0 Å². The fraction of sp³-hybridized carbons (Fsp3) is 0.304. The Morgan fingerprint density at radius 2 is 1.88 bits per heavy atom. The smallest absolute Gasteiger partial charge is 0.374 e. The summed E-state index contributed by atoms with van der Waals surface area (Å²) in [5.74, 6) is 4.69. The van der Waals surface area contributed by atoms with E-state index in [-0.39, 0.29) is 23.5 Å². The zero-order valence-corrected chi connectivity index (χ0v) is 17.4. The van der Waals surface area contributed by atoms with E-state index in [9.17, 15) is 14.7 Å². The van der Waals surface area contributed by atoms with Gasteiger partial charge in [-0.25, -0.2) is 4.79 Å². The zero-order chi connectivity index (χ0) is 23.0. The van der Waals surface area contributed by atoms with Crippen LogP contribution >= 0.6 is 0 Å². The second-order valence-corrected chi connectivity index (χ2v) is 7.48. The molecule has 0 saturated heterocycles. The number of aromatic nitrogens is 2. The maximum absolute atomic E-state index is 12.0. The van der Waals surface area contributed by atoms with Crippen LogP contribution in [0.2, 0.25) is 0 Å². The average molecular weight is 437 g/mol. The lowest BCUT2D eigenvalue weighted by Gasteiger charge is -2.33. The summed E-state index contributed by atoms with van der Waals surface area (Å²) in [5.41, 5.74) is 0.937. The van der Waals surface area contributed by atoms with E-state index in [1.807, 2.05) is 31.2 Å². The van der Waals surface area contributed by atoms with Crippen LogP contribution in [0.3, 0.4) is 0 Å². The molecular formula is C23H23N3O6. The van der Waals surface area contributed by atoms with Crippen molar-refractivity contribution in [2.24, 2.45) is 0 Å². The minimum Gasteiger partial charge on any atom is -0.475 e. The third-order valence-corrected chi connectivity index (χ3v) is 4.83. The van der Waals surface area contributed by atoms with Crippen LogP contribution in [0, 0.1) is 18.8 Å². The van der Waals surface area contributed by atoms with Gasteiger partial charge < -0.3 is 24.6 Å². The van der Waals surface area contributed by atoms with Crippen molar-refractivity contribution in [1.82, 2.24) is 15.6 Å². The topological polar surface area (TPSA) is 139 Å². The van der Waals surface area contributed by atoms with Crippen LogP contribution in [0.5, 0.6) is 0 Å². The van der Waals surface area contributed by atoms with Crippen molar-refractivity contribution < 1.29 is 28.8 Å². The molecule has 9 nitrogen and oxygen atoms in total. The molecule has 1 aromatic carbocycles. The van der Waals surface area contributed by atoms with Gasteiger partial charge in [0.2, 0.25) is 11.5 Å². The van der Waals surface area contributed by atoms with E-state index >= 15 is 0 Å². The maximum Gasteiger partial charge on any atom is 0.374 e. The number of carboxylic acids is 1. The van der Waals surface area contributed by atoms with E-state index in [1.54, 1.807) is 0 Å². The van der Waals surface area contributed by atoms with Crippen LogP contribution in [-0.2, 0) is 0 Å². The van der Waals surface area contributed by atoms with Crippen molar-refractivity contribution in [1.29, 1.82) is 0 Å². The molecule has 32 heavy (non-hydrogen) atoms. The highest BCUT2D eigenvalue weighted by Gasteiger charge is 2.34. The maximum atomic E-state index is 12.0. The van der Waals surface area contributed by atoms with Crippen molar-refractivity contribution in [2.75, 3.05) is 0 Å². The Morgan fingerprint density at radius 1 is 1.16 bits per heavy atom. The molecule has 2 atom stereocenters. The molecule has 0 aliphatic heterocycles. The van der Waals surface area contributed by atoms with Gasteiger partial charge in [-0.05, 0) is 43.9 Å². The molecule has 3 aromatic rings. The first-order valence-corrected chi connectivity index (χ1v) is 10.0. The van der Waals surface area contributed by atoms with Crippen LogP contribution < -0.4 is 5.32 Å². The minimum absolute atomic E-state index is 0.131. The molecule has 2 aromatic heterocycles. The summed E-state index contributed by atoms with van der Waals surface area (Å²) in [6.07, 6.45) is 5.35. The Balaban J connectivity index is 0.000000305. The average Bonchev–Trinajstić information content (AvgIpc) is 3.47. The number of nitrogens with one attached hydrogen (secondary N) is 1. The summed E-state index contributed by atoms with van der Waals surface area (Å²) in [7, 11) is 0. The lowest BCUT2D eigenvalue weighted by Crippen LogP contribution is -2.45. The quantitative estimate of drug-likeness (QED) is 0.532. The second-order valence-electron chi connectivity index (χ2n) is 7.48. The number of aromatic carboxylic acids is 1. The molecule has 1 aliphatic rings. The number of carboxylic acid groups (broad SMARTS) is 1. The number of aryl methyl sites for hydroxylation is 1. The van der Waals surface area contributed by atoms with Crippen LogP contribution in [0.15, 0.2) is 57.8 Å². The normalized spacial score (nSPS) is 19.6. The summed E-state index contributed by atoms with van der Waals surface area (Å²) in [4.78, 5) is 22.0.